The van der Waals surface area contributed by atoms with E-state index in [0.29, 0.717) is 11.1 Å². The number of anilines is 1. The lowest BCUT2D eigenvalue weighted by Gasteiger charge is -2.05. The fourth-order valence-corrected chi connectivity index (χ4v) is 2.14. The molecule has 0 saturated carbocycles. The van der Waals surface area contributed by atoms with Gasteiger partial charge in [0.05, 0.1) is 0 Å². The summed E-state index contributed by atoms with van der Waals surface area (Å²) in [6, 6.07) is 4.04. The summed E-state index contributed by atoms with van der Waals surface area (Å²) >= 11 is 1.53. The molecule has 96 valence electrons. The Labute approximate surface area is 110 Å². The van der Waals surface area contributed by atoms with Gasteiger partial charge in [0.2, 0.25) is 5.89 Å². The number of pyridine rings is 1. The Morgan fingerprint density at radius 1 is 1.39 bits per heavy atom. The highest BCUT2D eigenvalue weighted by molar-refractivity contribution is 7.98. The van der Waals surface area contributed by atoms with Crippen LogP contribution >= 0.6 is 11.8 Å². The minimum absolute atomic E-state index is 0.595. The number of nitrogens with one attached hydrogen (secondary N) is 1. The van der Waals surface area contributed by atoms with E-state index in [4.69, 9.17) is 4.42 Å². The Hall–Kier alpha value is -1.56. The van der Waals surface area contributed by atoms with Gasteiger partial charge in [0.25, 0.3) is 5.22 Å². The molecule has 0 radical (unpaired) electrons. The highest BCUT2D eigenvalue weighted by atomic mass is 32.2. The van der Waals surface area contributed by atoms with Gasteiger partial charge in [0.1, 0.15) is 5.82 Å². The number of aromatic nitrogens is 3. The van der Waals surface area contributed by atoms with Crippen LogP contribution in [-0.4, -0.2) is 21.7 Å². The van der Waals surface area contributed by atoms with Gasteiger partial charge in [-0.3, -0.25) is 0 Å². The lowest BCUT2D eigenvalue weighted by Crippen LogP contribution is -2.01. The lowest BCUT2D eigenvalue weighted by molar-refractivity contribution is 0.429. The van der Waals surface area contributed by atoms with Crippen molar-refractivity contribution in [3.05, 3.63) is 29.8 Å². The second-order valence-electron chi connectivity index (χ2n) is 3.85. The summed E-state index contributed by atoms with van der Waals surface area (Å²) in [6.45, 7) is 4.85. The maximum absolute atomic E-state index is 5.31. The Morgan fingerprint density at radius 2 is 2.28 bits per heavy atom. The molecule has 1 N–H and O–H groups in total. The third-order valence-electron chi connectivity index (χ3n) is 2.25. The van der Waals surface area contributed by atoms with E-state index < -0.39 is 0 Å². The van der Waals surface area contributed by atoms with Gasteiger partial charge >= 0.3 is 0 Å². The zero-order valence-electron chi connectivity index (χ0n) is 10.5. The zero-order valence-corrected chi connectivity index (χ0v) is 11.3. The Morgan fingerprint density at radius 3 is 3.00 bits per heavy atom. The first-order valence-electron chi connectivity index (χ1n) is 5.89. The van der Waals surface area contributed by atoms with Gasteiger partial charge < -0.3 is 9.73 Å². The monoisotopic (exact) mass is 264 g/mol. The smallest absolute Gasteiger partial charge is 0.276 e. The minimum Gasteiger partial charge on any atom is -0.416 e. The van der Waals surface area contributed by atoms with Gasteiger partial charge in [-0.05, 0) is 24.1 Å². The number of hydrogen-bond acceptors (Lipinski definition) is 6. The van der Waals surface area contributed by atoms with Crippen molar-refractivity contribution in [3.63, 3.8) is 0 Å². The van der Waals surface area contributed by atoms with Crippen molar-refractivity contribution in [1.82, 2.24) is 15.2 Å². The first-order valence-corrected chi connectivity index (χ1v) is 6.88. The number of rotatable bonds is 6. The van der Waals surface area contributed by atoms with Crippen molar-refractivity contribution in [2.45, 2.75) is 31.2 Å². The molecule has 0 aliphatic rings. The maximum atomic E-state index is 5.31. The summed E-state index contributed by atoms with van der Waals surface area (Å²) in [5.74, 6) is 2.31. The third kappa shape index (κ3) is 3.73. The molecule has 0 saturated heterocycles. The summed E-state index contributed by atoms with van der Waals surface area (Å²) in [6.07, 6.45) is 2.90. The van der Waals surface area contributed by atoms with Crippen LogP contribution in [0.25, 0.3) is 0 Å². The molecule has 0 unspecified atom stereocenters. The van der Waals surface area contributed by atoms with Crippen LogP contribution in [0.15, 0.2) is 28.0 Å². The average Bonchev–Trinajstić information content (AvgIpc) is 2.80. The second kappa shape index (κ2) is 6.39. The van der Waals surface area contributed by atoms with Gasteiger partial charge in [-0.15, -0.1) is 10.2 Å². The van der Waals surface area contributed by atoms with E-state index in [0.717, 1.165) is 24.5 Å². The lowest BCUT2D eigenvalue weighted by atomic mass is 10.3. The van der Waals surface area contributed by atoms with Crippen molar-refractivity contribution >= 4 is 17.6 Å². The fourth-order valence-electron chi connectivity index (χ4n) is 1.40. The summed E-state index contributed by atoms with van der Waals surface area (Å²) in [5, 5.41) is 11.6. The molecular weight excluding hydrogens is 248 g/mol. The van der Waals surface area contributed by atoms with Crippen LogP contribution in [0.2, 0.25) is 0 Å². The fraction of sp³-hybridized carbons (Fsp3) is 0.417. The topological polar surface area (TPSA) is 63.8 Å². The molecule has 0 bridgehead atoms. The van der Waals surface area contributed by atoms with Gasteiger partial charge in [0.15, 0.2) is 0 Å². The minimum atomic E-state index is 0.595. The molecule has 0 aliphatic heterocycles. The molecule has 2 rings (SSSR count). The average molecular weight is 264 g/mol. The van der Waals surface area contributed by atoms with Gasteiger partial charge in [-0.2, -0.15) is 0 Å². The molecule has 5 nitrogen and oxygen atoms in total. The maximum Gasteiger partial charge on any atom is 0.276 e. The van der Waals surface area contributed by atoms with Crippen molar-refractivity contribution < 1.29 is 4.42 Å². The molecule has 6 heteroatoms. The van der Waals surface area contributed by atoms with Crippen LogP contribution in [0.1, 0.15) is 24.8 Å². The van der Waals surface area contributed by atoms with E-state index >= 15 is 0 Å². The normalized spacial score (nSPS) is 10.6. The van der Waals surface area contributed by atoms with E-state index in [1.165, 1.54) is 17.3 Å². The summed E-state index contributed by atoms with van der Waals surface area (Å²) in [4.78, 5) is 4.26. The summed E-state index contributed by atoms with van der Waals surface area (Å²) < 4.78 is 5.31. The Bertz CT molecular complexity index is 500. The zero-order chi connectivity index (χ0) is 12.8. The molecular formula is C12H16N4OS. The second-order valence-corrected chi connectivity index (χ2v) is 4.78. The predicted octanol–water partition coefficient (Wildman–Crippen LogP) is 2.89. The molecule has 0 aromatic carbocycles. The Balaban J connectivity index is 1.92. The number of aryl methyl sites for hydroxylation is 1. The van der Waals surface area contributed by atoms with Gasteiger partial charge in [-0.1, -0.05) is 18.7 Å². The van der Waals surface area contributed by atoms with E-state index in [1.807, 2.05) is 18.3 Å². The van der Waals surface area contributed by atoms with E-state index in [1.54, 1.807) is 6.92 Å². The van der Waals surface area contributed by atoms with E-state index in [9.17, 15) is 0 Å². The van der Waals surface area contributed by atoms with E-state index in [-0.39, 0.29) is 0 Å². The van der Waals surface area contributed by atoms with Crippen molar-refractivity contribution in [2.24, 2.45) is 0 Å². The molecule has 0 aliphatic carbocycles. The Kier molecular flexibility index (Phi) is 4.58. The molecule has 2 heterocycles. The van der Waals surface area contributed by atoms with Crippen LogP contribution < -0.4 is 5.32 Å². The van der Waals surface area contributed by atoms with Gasteiger partial charge in [0, 0.05) is 25.4 Å². The molecule has 0 amide bonds. The van der Waals surface area contributed by atoms with Crippen molar-refractivity contribution in [2.75, 3.05) is 11.9 Å². The quantitative estimate of drug-likeness (QED) is 0.809. The number of thioether (sulfide) groups is 1. The molecule has 2 aromatic heterocycles. The first-order chi connectivity index (χ1) is 8.78. The SMILES string of the molecule is CCCNc1cc(CSc2nnc(C)o2)ccn1. The van der Waals surface area contributed by atoms with Crippen LogP contribution in [0.5, 0.6) is 0 Å². The van der Waals surface area contributed by atoms with Gasteiger partial charge in [-0.25, -0.2) is 4.98 Å². The van der Waals surface area contributed by atoms with Crippen LogP contribution in [-0.2, 0) is 5.75 Å². The van der Waals surface area contributed by atoms with Crippen LogP contribution in [0.3, 0.4) is 0 Å². The standard InChI is InChI=1S/C12H16N4OS/c1-3-5-13-11-7-10(4-6-14-11)8-18-12-16-15-9(2)17-12/h4,6-7H,3,5,8H2,1-2H3,(H,13,14). The predicted molar refractivity (Wildman–Crippen MR) is 71.6 cm³/mol. The van der Waals surface area contributed by atoms with Crippen molar-refractivity contribution in [1.29, 1.82) is 0 Å². The van der Waals surface area contributed by atoms with Crippen LogP contribution in [0, 0.1) is 6.92 Å². The number of nitrogens with zero attached hydrogens (tertiary/aromatic N) is 3. The molecule has 18 heavy (non-hydrogen) atoms. The summed E-state index contributed by atoms with van der Waals surface area (Å²) in [5.41, 5.74) is 1.18. The molecule has 0 spiro atoms. The number of hydrogen-bond donors (Lipinski definition) is 1. The highest BCUT2D eigenvalue weighted by Crippen LogP contribution is 2.21. The van der Waals surface area contributed by atoms with Crippen LogP contribution in [0.4, 0.5) is 5.82 Å². The molecule has 0 fully saturated rings. The van der Waals surface area contributed by atoms with E-state index in [2.05, 4.69) is 27.4 Å². The highest BCUT2D eigenvalue weighted by Gasteiger charge is 2.04. The molecule has 0 atom stereocenters. The summed E-state index contributed by atoms with van der Waals surface area (Å²) in [7, 11) is 0. The largest absolute Gasteiger partial charge is 0.416 e. The van der Waals surface area contributed by atoms with Crippen molar-refractivity contribution in [3.8, 4) is 0 Å². The first kappa shape index (κ1) is 12.9. The molecule has 2 aromatic rings. The third-order valence-corrected chi connectivity index (χ3v) is 3.14.